The van der Waals surface area contributed by atoms with Crippen LogP contribution in [0.3, 0.4) is 0 Å². The SMILES string of the molecule is Cc1ccnc([C@H]2CCCCN2C(=O)c2ccn(C)n2)n1. The van der Waals surface area contributed by atoms with Gasteiger partial charge in [-0.3, -0.25) is 9.48 Å². The molecule has 0 N–H and O–H groups in total. The van der Waals surface area contributed by atoms with Crippen LogP contribution in [-0.4, -0.2) is 37.1 Å². The highest BCUT2D eigenvalue weighted by Crippen LogP contribution is 2.29. The summed E-state index contributed by atoms with van der Waals surface area (Å²) in [5.74, 6) is 0.699. The standard InChI is InChI=1S/C15H19N5O/c1-11-6-8-16-14(17-11)13-5-3-4-9-20(13)15(21)12-7-10-19(2)18-12/h6-8,10,13H,3-5,9H2,1-2H3/t13-/m1/s1. The van der Waals surface area contributed by atoms with Gasteiger partial charge in [-0.25, -0.2) is 9.97 Å². The highest BCUT2D eigenvalue weighted by atomic mass is 16.2. The molecule has 1 aliphatic rings. The fourth-order valence-corrected chi connectivity index (χ4v) is 2.75. The Morgan fingerprint density at radius 2 is 2.19 bits per heavy atom. The van der Waals surface area contributed by atoms with Gasteiger partial charge >= 0.3 is 0 Å². The Labute approximate surface area is 123 Å². The predicted molar refractivity (Wildman–Crippen MR) is 77.6 cm³/mol. The van der Waals surface area contributed by atoms with Gasteiger partial charge in [0.2, 0.25) is 0 Å². The normalized spacial score (nSPS) is 18.8. The molecule has 21 heavy (non-hydrogen) atoms. The summed E-state index contributed by atoms with van der Waals surface area (Å²) in [5, 5.41) is 4.22. The molecule has 0 bridgehead atoms. The maximum Gasteiger partial charge on any atom is 0.274 e. The molecule has 1 atom stereocenters. The second kappa shape index (κ2) is 5.63. The highest BCUT2D eigenvalue weighted by Gasteiger charge is 2.31. The third-order valence-electron chi connectivity index (χ3n) is 3.81. The molecule has 1 saturated heterocycles. The van der Waals surface area contributed by atoms with Crippen molar-refractivity contribution < 1.29 is 4.79 Å². The fourth-order valence-electron chi connectivity index (χ4n) is 2.75. The molecule has 0 aromatic carbocycles. The number of likely N-dealkylation sites (tertiary alicyclic amines) is 1. The molecule has 1 aliphatic heterocycles. The number of aryl methyl sites for hydroxylation is 2. The van der Waals surface area contributed by atoms with Crippen molar-refractivity contribution in [2.24, 2.45) is 7.05 Å². The summed E-state index contributed by atoms with van der Waals surface area (Å²) in [6.45, 7) is 2.68. The van der Waals surface area contributed by atoms with Crippen LogP contribution in [-0.2, 0) is 7.05 Å². The fraction of sp³-hybridized carbons (Fsp3) is 0.467. The molecule has 3 rings (SSSR count). The Morgan fingerprint density at radius 1 is 1.33 bits per heavy atom. The first kappa shape index (κ1) is 13.7. The zero-order chi connectivity index (χ0) is 14.8. The summed E-state index contributed by atoms with van der Waals surface area (Å²) in [6.07, 6.45) is 6.56. The van der Waals surface area contributed by atoms with Crippen LogP contribution < -0.4 is 0 Å². The Bertz CT molecular complexity index is 651. The lowest BCUT2D eigenvalue weighted by Crippen LogP contribution is -2.39. The summed E-state index contributed by atoms with van der Waals surface area (Å²) >= 11 is 0. The van der Waals surface area contributed by atoms with Crippen molar-refractivity contribution >= 4 is 5.91 Å². The molecule has 3 heterocycles. The number of hydrogen-bond donors (Lipinski definition) is 0. The number of carbonyl (C=O) groups excluding carboxylic acids is 1. The van der Waals surface area contributed by atoms with Gasteiger partial charge in [0.05, 0.1) is 6.04 Å². The van der Waals surface area contributed by atoms with Crippen molar-refractivity contribution in [3.05, 3.63) is 41.7 Å². The van der Waals surface area contributed by atoms with Crippen LogP contribution in [0.5, 0.6) is 0 Å². The summed E-state index contributed by atoms with van der Waals surface area (Å²) in [4.78, 5) is 23.4. The largest absolute Gasteiger partial charge is 0.327 e. The first-order valence-electron chi connectivity index (χ1n) is 7.25. The highest BCUT2D eigenvalue weighted by molar-refractivity contribution is 5.92. The van der Waals surface area contributed by atoms with Gasteiger partial charge in [0.1, 0.15) is 5.69 Å². The van der Waals surface area contributed by atoms with E-state index in [1.54, 1.807) is 23.1 Å². The topological polar surface area (TPSA) is 63.9 Å². The van der Waals surface area contributed by atoms with Gasteiger partial charge in [0.15, 0.2) is 5.82 Å². The van der Waals surface area contributed by atoms with Gasteiger partial charge in [-0.15, -0.1) is 0 Å². The molecule has 0 radical (unpaired) electrons. The number of rotatable bonds is 2. The molecule has 2 aromatic rings. The minimum atomic E-state index is -0.0480. The lowest BCUT2D eigenvalue weighted by Gasteiger charge is -2.34. The van der Waals surface area contributed by atoms with Gasteiger partial charge in [-0.05, 0) is 38.3 Å². The van der Waals surface area contributed by atoms with Crippen molar-refractivity contribution in [3.8, 4) is 0 Å². The van der Waals surface area contributed by atoms with E-state index in [9.17, 15) is 4.79 Å². The van der Waals surface area contributed by atoms with Gasteiger partial charge in [0.25, 0.3) is 5.91 Å². The molecular weight excluding hydrogens is 266 g/mol. The Hall–Kier alpha value is -2.24. The van der Waals surface area contributed by atoms with Gasteiger partial charge < -0.3 is 4.90 Å². The minimum Gasteiger partial charge on any atom is -0.327 e. The first-order valence-corrected chi connectivity index (χ1v) is 7.25. The molecule has 110 valence electrons. The average molecular weight is 285 g/mol. The number of piperidine rings is 1. The molecule has 1 amide bonds. The third-order valence-corrected chi connectivity index (χ3v) is 3.81. The molecule has 6 nitrogen and oxygen atoms in total. The van der Waals surface area contributed by atoms with Gasteiger partial charge in [-0.2, -0.15) is 5.10 Å². The van der Waals surface area contributed by atoms with E-state index in [-0.39, 0.29) is 11.9 Å². The van der Waals surface area contributed by atoms with E-state index in [1.807, 2.05) is 24.9 Å². The van der Waals surface area contributed by atoms with E-state index in [1.165, 1.54) is 0 Å². The van der Waals surface area contributed by atoms with Crippen LogP contribution in [0.2, 0.25) is 0 Å². The van der Waals surface area contributed by atoms with Gasteiger partial charge in [0, 0.05) is 31.7 Å². The summed E-state index contributed by atoms with van der Waals surface area (Å²) in [7, 11) is 1.81. The zero-order valence-corrected chi connectivity index (χ0v) is 12.4. The number of amides is 1. The molecule has 2 aromatic heterocycles. The van der Waals surface area contributed by atoms with Crippen molar-refractivity contribution in [2.75, 3.05) is 6.54 Å². The molecule has 6 heteroatoms. The molecule has 1 fully saturated rings. The van der Waals surface area contributed by atoms with E-state index in [2.05, 4.69) is 15.1 Å². The maximum absolute atomic E-state index is 12.7. The number of nitrogens with zero attached hydrogens (tertiary/aromatic N) is 5. The van der Waals surface area contributed by atoms with E-state index in [0.29, 0.717) is 5.69 Å². The van der Waals surface area contributed by atoms with Crippen molar-refractivity contribution in [1.29, 1.82) is 0 Å². The third kappa shape index (κ3) is 2.79. The second-order valence-electron chi connectivity index (χ2n) is 5.44. The zero-order valence-electron chi connectivity index (χ0n) is 12.4. The molecule has 0 spiro atoms. The lowest BCUT2D eigenvalue weighted by atomic mass is 10.0. The Morgan fingerprint density at radius 3 is 2.90 bits per heavy atom. The van der Waals surface area contributed by atoms with Crippen molar-refractivity contribution in [1.82, 2.24) is 24.6 Å². The molecule has 0 saturated carbocycles. The number of carbonyl (C=O) groups is 1. The van der Waals surface area contributed by atoms with Crippen molar-refractivity contribution in [2.45, 2.75) is 32.2 Å². The first-order chi connectivity index (χ1) is 10.1. The molecule has 0 aliphatic carbocycles. The lowest BCUT2D eigenvalue weighted by molar-refractivity contribution is 0.0592. The monoisotopic (exact) mass is 285 g/mol. The van der Waals surface area contributed by atoms with E-state index >= 15 is 0 Å². The van der Waals surface area contributed by atoms with Crippen LogP contribution in [0.4, 0.5) is 0 Å². The second-order valence-corrected chi connectivity index (χ2v) is 5.44. The summed E-state index contributed by atoms with van der Waals surface area (Å²) < 4.78 is 1.65. The quantitative estimate of drug-likeness (QED) is 0.845. The van der Waals surface area contributed by atoms with Crippen LogP contribution in [0, 0.1) is 6.92 Å². The van der Waals surface area contributed by atoms with Crippen LogP contribution >= 0.6 is 0 Å². The Kier molecular flexibility index (Phi) is 3.68. The predicted octanol–water partition coefficient (Wildman–Crippen LogP) is 1.89. The summed E-state index contributed by atoms with van der Waals surface area (Å²) in [6, 6.07) is 3.58. The van der Waals surface area contributed by atoms with E-state index < -0.39 is 0 Å². The van der Waals surface area contributed by atoms with Gasteiger partial charge in [-0.1, -0.05) is 0 Å². The smallest absolute Gasteiger partial charge is 0.274 e. The Balaban J connectivity index is 1.89. The number of hydrogen-bond acceptors (Lipinski definition) is 4. The van der Waals surface area contributed by atoms with Crippen LogP contribution in [0.15, 0.2) is 24.5 Å². The van der Waals surface area contributed by atoms with Crippen molar-refractivity contribution in [3.63, 3.8) is 0 Å². The summed E-state index contributed by atoms with van der Waals surface area (Å²) in [5.41, 5.74) is 1.41. The van der Waals surface area contributed by atoms with E-state index in [0.717, 1.165) is 37.3 Å². The minimum absolute atomic E-state index is 0.0367. The van der Waals surface area contributed by atoms with Crippen LogP contribution in [0.25, 0.3) is 0 Å². The number of aromatic nitrogens is 4. The van der Waals surface area contributed by atoms with E-state index in [4.69, 9.17) is 0 Å². The molecule has 0 unspecified atom stereocenters. The molecular formula is C15H19N5O. The maximum atomic E-state index is 12.7. The average Bonchev–Trinajstić information content (AvgIpc) is 2.93. The van der Waals surface area contributed by atoms with Crippen LogP contribution in [0.1, 0.15) is 47.3 Å².